The van der Waals surface area contributed by atoms with E-state index in [9.17, 15) is 18.4 Å². The van der Waals surface area contributed by atoms with E-state index in [2.05, 4.69) is 10.3 Å². The molecule has 0 radical (unpaired) electrons. The van der Waals surface area contributed by atoms with Gasteiger partial charge in [-0.2, -0.15) is 10.1 Å². The molecule has 9 heteroatoms. The highest BCUT2D eigenvalue weighted by molar-refractivity contribution is 8.15. The van der Waals surface area contributed by atoms with E-state index < -0.39 is 22.9 Å². The molecule has 2 atom stereocenters. The molecule has 35 heavy (non-hydrogen) atoms. The number of benzene rings is 3. The predicted molar refractivity (Wildman–Crippen MR) is 132 cm³/mol. The number of hydrogen-bond acceptors (Lipinski definition) is 5. The number of thioether (sulfide) groups is 1. The molecular formula is C26H20F2N4O2S. The summed E-state index contributed by atoms with van der Waals surface area (Å²) in [7, 11) is 0. The fourth-order valence-corrected chi connectivity index (χ4v) is 5.03. The molecule has 2 aliphatic heterocycles. The third kappa shape index (κ3) is 5.00. The van der Waals surface area contributed by atoms with Crippen LogP contribution in [-0.2, 0) is 9.59 Å². The van der Waals surface area contributed by atoms with Crippen LogP contribution >= 0.6 is 11.8 Å². The molecule has 0 unspecified atom stereocenters. The summed E-state index contributed by atoms with van der Waals surface area (Å²) in [5.74, 6) is -1.83. The second-order valence-corrected chi connectivity index (χ2v) is 9.27. The summed E-state index contributed by atoms with van der Waals surface area (Å²) < 4.78 is 27.4. The van der Waals surface area contributed by atoms with Crippen LogP contribution in [0.1, 0.15) is 30.0 Å². The number of halogens is 2. The van der Waals surface area contributed by atoms with Gasteiger partial charge in [-0.25, -0.2) is 13.8 Å². The van der Waals surface area contributed by atoms with Crippen LogP contribution in [0.2, 0.25) is 0 Å². The van der Waals surface area contributed by atoms with E-state index in [0.29, 0.717) is 11.6 Å². The van der Waals surface area contributed by atoms with Gasteiger partial charge in [-0.15, -0.1) is 0 Å². The van der Waals surface area contributed by atoms with Crippen LogP contribution < -0.4 is 5.32 Å². The molecule has 2 heterocycles. The molecule has 2 amide bonds. The van der Waals surface area contributed by atoms with Crippen molar-refractivity contribution in [1.82, 2.24) is 5.01 Å². The standard InChI is InChI=1S/C26H20F2N4O2S/c27-18-12-10-17(11-13-18)22-14-21(16-6-2-1-3-7-16)31-32(22)26-30-25(34)23(35-26)15-24(33)29-20-9-5-4-8-19(20)28/h1-13,22-23H,14-15H2,(H,29,33)/t22-,23-/m1/s1. The highest BCUT2D eigenvalue weighted by Gasteiger charge is 2.39. The number of hydrogen-bond donors (Lipinski definition) is 1. The molecule has 0 aromatic heterocycles. The Bertz CT molecular complexity index is 1330. The molecule has 176 valence electrons. The summed E-state index contributed by atoms with van der Waals surface area (Å²) in [5, 5.41) is 8.55. The Morgan fingerprint density at radius 2 is 1.71 bits per heavy atom. The number of nitrogens with one attached hydrogen (secondary N) is 1. The lowest BCUT2D eigenvalue weighted by molar-refractivity contribution is -0.121. The van der Waals surface area contributed by atoms with Crippen molar-refractivity contribution >= 4 is 40.1 Å². The van der Waals surface area contributed by atoms with Crippen LogP contribution in [0.3, 0.4) is 0 Å². The molecule has 1 N–H and O–H groups in total. The average Bonchev–Trinajstić information content (AvgIpc) is 3.46. The Kier molecular flexibility index (Phi) is 6.41. The quantitative estimate of drug-likeness (QED) is 0.537. The van der Waals surface area contributed by atoms with E-state index in [1.54, 1.807) is 23.2 Å². The lowest BCUT2D eigenvalue weighted by atomic mass is 9.99. The maximum atomic E-state index is 13.9. The van der Waals surface area contributed by atoms with Gasteiger partial charge in [-0.1, -0.05) is 66.4 Å². The topological polar surface area (TPSA) is 74.1 Å². The van der Waals surface area contributed by atoms with E-state index in [4.69, 9.17) is 5.10 Å². The van der Waals surface area contributed by atoms with Gasteiger partial charge < -0.3 is 5.32 Å². The van der Waals surface area contributed by atoms with Gasteiger partial charge in [0.05, 0.1) is 17.4 Å². The van der Waals surface area contributed by atoms with Gasteiger partial charge in [0, 0.05) is 12.8 Å². The van der Waals surface area contributed by atoms with Gasteiger partial charge >= 0.3 is 0 Å². The van der Waals surface area contributed by atoms with Crippen LogP contribution in [0.4, 0.5) is 14.5 Å². The second kappa shape index (κ2) is 9.79. The number of carbonyl (C=O) groups is 2. The smallest absolute Gasteiger partial charge is 0.262 e. The molecule has 3 aromatic carbocycles. The van der Waals surface area contributed by atoms with Crippen molar-refractivity contribution in [3.05, 3.63) is 102 Å². The highest BCUT2D eigenvalue weighted by atomic mass is 32.2. The Hall–Kier alpha value is -3.85. The summed E-state index contributed by atoms with van der Waals surface area (Å²) in [6.07, 6.45) is 0.386. The number of nitrogens with zero attached hydrogens (tertiary/aromatic N) is 3. The van der Waals surface area contributed by atoms with E-state index in [-0.39, 0.29) is 24.0 Å². The monoisotopic (exact) mass is 490 g/mol. The maximum absolute atomic E-state index is 13.9. The largest absolute Gasteiger partial charge is 0.324 e. The Morgan fingerprint density at radius 1 is 1.00 bits per heavy atom. The van der Waals surface area contributed by atoms with Crippen LogP contribution in [0, 0.1) is 11.6 Å². The summed E-state index contributed by atoms with van der Waals surface area (Å²) in [6.45, 7) is 0. The zero-order chi connectivity index (χ0) is 24.4. The minimum atomic E-state index is -0.749. The summed E-state index contributed by atoms with van der Waals surface area (Å²) in [6, 6.07) is 21.4. The normalized spacial score (nSPS) is 19.5. The molecule has 0 saturated heterocycles. The van der Waals surface area contributed by atoms with Gasteiger partial charge in [0.15, 0.2) is 5.17 Å². The first-order chi connectivity index (χ1) is 17.0. The van der Waals surface area contributed by atoms with Gasteiger partial charge in [0.25, 0.3) is 5.91 Å². The first-order valence-electron chi connectivity index (χ1n) is 11.0. The first kappa shape index (κ1) is 22.9. The zero-order valence-electron chi connectivity index (χ0n) is 18.4. The molecular weight excluding hydrogens is 470 g/mol. The Labute approximate surface area is 204 Å². The maximum Gasteiger partial charge on any atom is 0.262 e. The lowest BCUT2D eigenvalue weighted by Crippen LogP contribution is -2.25. The molecule has 6 nitrogen and oxygen atoms in total. The summed E-state index contributed by atoms with van der Waals surface area (Å²) in [4.78, 5) is 29.3. The van der Waals surface area contributed by atoms with Gasteiger partial charge in [-0.3, -0.25) is 9.59 Å². The third-order valence-corrected chi connectivity index (χ3v) is 6.86. The van der Waals surface area contributed by atoms with Crippen molar-refractivity contribution < 1.29 is 18.4 Å². The predicted octanol–water partition coefficient (Wildman–Crippen LogP) is 5.14. The number of amides is 2. The third-order valence-electron chi connectivity index (χ3n) is 5.72. The van der Waals surface area contributed by atoms with Crippen LogP contribution in [0.15, 0.2) is 89.0 Å². The Balaban J connectivity index is 1.35. The Morgan fingerprint density at radius 3 is 2.46 bits per heavy atom. The molecule has 0 aliphatic carbocycles. The van der Waals surface area contributed by atoms with E-state index in [1.165, 1.54) is 30.3 Å². The van der Waals surface area contributed by atoms with Crippen molar-refractivity contribution in [3.63, 3.8) is 0 Å². The zero-order valence-corrected chi connectivity index (χ0v) is 19.2. The number of amidine groups is 1. The number of aliphatic imine (C=N–C) groups is 1. The molecule has 0 fully saturated rings. The van der Waals surface area contributed by atoms with E-state index in [0.717, 1.165) is 28.6 Å². The minimum Gasteiger partial charge on any atom is -0.324 e. The number of para-hydroxylation sites is 1. The first-order valence-corrected chi connectivity index (χ1v) is 11.9. The molecule has 2 aliphatic rings. The molecule has 0 saturated carbocycles. The van der Waals surface area contributed by atoms with Crippen molar-refractivity contribution in [3.8, 4) is 0 Å². The lowest BCUT2D eigenvalue weighted by Gasteiger charge is -2.23. The van der Waals surface area contributed by atoms with Crippen molar-refractivity contribution in [2.75, 3.05) is 5.32 Å². The second-order valence-electron chi connectivity index (χ2n) is 8.10. The molecule has 5 rings (SSSR count). The van der Waals surface area contributed by atoms with Crippen LogP contribution in [-0.4, -0.2) is 33.0 Å². The fourth-order valence-electron chi connectivity index (χ4n) is 3.97. The number of anilines is 1. The highest BCUT2D eigenvalue weighted by Crippen LogP contribution is 2.38. The summed E-state index contributed by atoms with van der Waals surface area (Å²) >= 11 is 1.15. The van der Waals surface area contributed by atoms with Gasteiger partial charge in [0.2, 0.25) is 5.91 Å². The van der Waals surface area contributed by atoms with Gasteiger partial charge in [0.1, 0.15) is 16.9 Å². The SMILES string of the molecule is O=C(C[C@H]1SC(N2N=C(c3ccccc3)C[C@@H]2c2ccc(F)cc2)=NC1=O)Nc1ccccc1F. The number of carbonyl (C=O) groups excluding carboxylic acids is 2. The van der Waals surface area contributed by atoms with E-state index >= 15 is 0 Å². The molecule has 3 aromatic rings. The van der Waals surface area contributed by atoms with Crippen molar-refractivity contribution in [1.29, 1.82) is 0 Å². The molecule has 0 spiro atoms. The number of hydrazone groups is 1. The van der Waals surface area contributed by atoms with E-state index in [1.807, 2.05) is 30.3 Å². The summed E-state index contributed by atoms with van der Waals surface area (Å²) in [5.41, 5.74) is 2.65. The van der Waals surface area contributed by atoms with Crippen molar-refractivity contribution in [2.45, 2.75) is 24.1 Å². The van der Waals surface area contributed by atoms with Crippen LogP contribution in [0.25, 0.3) is 0 Å². The van der Waals surface area contributed by atoms with Crippen LogP contribution in [0.5, 0.6) is 0 Å². The average molecular weight is 491 g/mol. The van der Waals surface area contributed by atoms with Gasteiger partial charge in [-0.05, 0) is 35.4 Å². The molecule has 0 bridgehead atoms. The number of rotatable bonds is 5. The fraction of sp³-hybridized carbons (Fsp3) is 0.154. The minimum absolute atomic E-state index is 0.0575. The van der Waals surface area contributed by atoms with Crippen molar-refractivity contribution in [2.24, 2.45) is 10.1 Å².